The van der Waals surface area contributed by atoms with Gasteiger partial charge in [0.05, 0.1) is 17.3 Å². The van der Waals surface area contributed by atoms with Crippen LogP contribution in [0.2, 0.25) is 5.02 Å². The van der Waals surface area contributed by atoms with E-state index in [1.807, 2.05) is 36.0 Å². The van der Waals surface area contributed by atoms with E-state index in [0.29, 0.717) is 0 Å². The SMILES string of the molecule is Cc1nn(CCNCc2ccccc2)cc1Cl. The normalized spacial score (nSPS) is 10.7. The molecule has 0 radical (unpaired) electrons. The summed E-state index contributed by atoms with van der Waals surface area (Å²) in [5, 5.41) is 8.40. The van der Waals surface area contributed by atoms with Crippen LogP contribution in [0.5, 0.6) is 0 Å². The molecule has 0 aliphatic carbocycles. The second kappa shape index (κ2) is 5.84. The van der Waals surface area contributed by atoms with Gasteiger partial charge in [-0.2, -0.15) is 5.10 Å². The lowest BCUT2D eigenvalue weighted by molar-refractivity contribution is 0.552. The lowest BCUT2D eigenvalue weighted by atomic mass is 10.2. The molecule has 0 saturated carbocycles. The van der Waals surface area contributed by atoms with Gasteiger partial charge < -0.3 is 5.32 Å². The molecule has 0 fully saturated rings. The first-order valence-corrected chi connectivity index (χ1v) is 6.07. The first kappa shape index (κ1) is 12.1. The predicted octanol–water partition coefficient (Wildman–Crippen LogP) is 2.63. The van der Waals surface area contributed by atoms with E-state index in [-0.39, 0.29) is 0 Å². The number of nitrogens with zero attached hydrogens (tertiary/aromatic N) is 2. The van der Waals surface area contributed by atoms with Crippen LogP contribution in [0.15, 0.2) is 36.5 Å². The molecule has 3 nitrogen and oxygen atoms in total. The highest BCUT2D eigenvalue weighted by Gasteiger charge is 2.00. The zero-order chi connectivity index (χ0) is 12.1. The molecule has 0 unspecified atom stereocenters. The first-order valence-electron chi connectivity index (χ1n) is 5.70. The van der Waals surface area contributed by atoms with Crippen molar-refractivity contribution in [3.63, 3.8) is 0 Å². The van der Waals surface area contributed by atoms with Crippen LogP contribution in [0.1, 0.15) is 11.3 Å². The monoisotopic (exact) mass is 249 g/mol. The summed E-state index contributed by atoms with van der Waals surface area (Å²) in [6, 6.07) is 10.4. The molecule has 90 valence electrons. The van der Waals surface area contributed by atoms with Crippen molar-refractivity contribution in [2.45, 2.75) is 20.0 Å². The second-order valence-electron chi connectivity index (χ2n) is 3.99. The van der Waals surface area contributed by atoms with E-state index >= 15 is 0 Å². The summed E-state index contributed by atoms with van der Waals surface area (Å²) in [7, 11) is 0. The minimum absolute atomic E-state index is 0.730. The third-order valence-corrected chi connectivity index (χ3v) is 2.95. The van der Waals surface area contributed by atoms with Crippen molar-refractivity contribution in [3.05, 3.63) is 52.8 Å². The fourth-order valence-corrected chi connectivity index (χ4v) is 1.78. The van der Waals surface area contributed by atoms with Crippen molar-refractivity contribution < 1.29 is 0 Å². The smallest absolute Gasteiger partial charge is 0.0814 e. The van der Waals surface area contributed by atoms with Crippen molar-refractivity contribution in [1.82, 2.24) is 15.1 Å². The number of aromatic nitrogens is 2. The molecular formula is C13H16ClN3. The molecule has 0 bridgehead atoms. The highest BCUT2D eigenvalue weighted by molar-refractivity contribution is 6.31. The van der Waals surface area contributed by atoms with E-state index in [4.69, 9.17) is 11.6 Å². The van der Waals surface area contributed by atoms with Crippen molar-refractivity contribution in [2.24, 2.45) is 0 Å². The molecule has 0 aliphatic heterocycles. The van der Waals surface area contributed by atoms with Crippen LogP contribution in [0.3, 0.4) is 0 Å². The van der Waals surface area contributed by atoms with Crippen LogP contribution in [0, 0.1) is 6.92 Å². The summed E-state index contributed by atoms with van der Waals surface area (Å²) in [5.41, 5.74) is 2.18. The van der Waals surface area contributed by atoms with E-state index in [9.17, 15) is 0 Å². The van der Waals surface area contributed by atoms with Gasteiger partial charge >= 0.3 is 0 Å². The van der Waals surface area contributed by atoms with Crippen LogP contribution in [-0.2, 0) is 13.1 Å². The number of nitrogens with one attached hydrogen (secondary N) is 1. The summed E-state index contributed by atoms with van der Waals surface area (Å²) in [4.78, 5) is 0. The van der Waals surface area contributed by atoms with Gasteiger partial charge in [0, 0.05) is 19.3 Å². The third-order valence-electron chi connectivity index (χ3n) is 2.58. The summed E-state index contributed by atoms with van der Waals surface area (Å²) >= 11 is 5.93. The Labute approximate surface area is 106 Å². The topological polar surface area (TPSA) is 29.9 Å². The average Bonchev–Trinajstić information content (AvgIpc) is 2.66. The standard InChI is InChI=1S/C13H16ClN3/c1-11-13(14)10-17(16-11)8-7-15-9-12-5-3-2-4-6-12/h2-6,10,15H,7-9H2,1H3. The minimum Gasteiger partial charge on any atom is -0.311 e. The van der Waals surface area contributed by atoms with Crippen molar-refractivity contribution in [1.29, 1.82) is 0 Å². The van der Waals surface area contributed by atoms with E-state index in [1.54, 1.807) is 0 Å². The van der Waals surface area contributed by atoms with Crippen molar-refractivity contribution >= 4 is 11.6 Å². The molecule has 1 N–H and O–H groups in total. The van der Waals surface area contributed by atoms with Crippen LogP contribution in [-0.4, -0.2) is 16.3 Å². The molecule has 4 heteroatoms. The Balaban J connectivity index is 1.73. The summed E-state index contributed by atoms with van der Waals surface area (Å²) in [5.74, 6) is 0. The van der Waals surface area contributed by atoms with Crippen LogP contribution in [0.4, 0.5) is 0 Å². The largest absolute Gasteiger partial charge is 0.311 e. The minimum atomic E-state index is 0.730. The molecule has 1 heterocycles. The Bertz CT molecular complexity index is 445. The molecule has 1 aromatic heterocycles. The Kier molecular flexibility index (Phi) is 4.18. The molecule has 1 aromatic carbocycles. The van der Waals surface area contributed by atoms with Gasteiger partial charge in [0.1, 0.15) is 0 Å². The van der Waals surface area contributed by atoms with Gasteiger partial charge in [0.25, 0.3) is 0 Å². The lowest BCUT2D eigenvalue weighted by Crippen LogP contribution is -2.19. The van der Waals surface area contributed by atoms with E-state index in [2.05, 4.69) is 22.5 Å². The van der Waals surface area contributed by atoms with Crippen molar-refractivity contribution in [3.8, 4) is 0 Å². The number of hydrogen-bond donors (Lipinski definition) is 1. The van der Waals surface area contributed by atoms with Crippen LogP contribution < -0.4 is 5.32 Å². The Hall–Kier alpha value is -1.32. The predicted molar refractivity (Wildman–Crippen MR) is 70.1 cm³/mol. The van der Waals surface area contributed by atoms with Gasteiger partial charge in [-0.05, 0) is 12.5 Å². The van der Waals surface area contributed by atoms with Crippen LogP contribution >= 0.6 is 11.6 Å². The number of aryl methyl sites for hydroxylation is 1. The van der Waals surface area contributed by atoms with E-state index in [0.717, 1.165) is 30.4 Å². The molecule has 17 heavy (non-hydrogen) atoms. The summed E-state index contributed by atoms with van der Waals surface area (Å²) in [6.07, 6.45) is 1.86. The van der Waals surface area contributed by atoms with Crippen LogP contribution in [0.25, 0.3) is 0 Å². The molecule has 0 atom stereocenters. The van der Waals surface area contributed by atoms with Gasteiger partial charge in [-0.25, -0.2) is 0 Å². The molecule has 2 rings (SSSR count). The van der Waals surface area contributed by atoms with Gasteiger partial charge in [-0.1, -0.05) is 41.9 Å². The number of halogens is 1. The van der Waals surface area contributed by atoms with Gasteiger partial charge in [-0.15, -0.1) is 0 Å². The lowest BCUT2D eigenvalue weighted by Gasteiger charge is -2.04. The fraction of sp³-hybridized carbons (Fsp3) is 0.308. The quantitative estimate of drug-likeness (QED) is 0.826. The second-order valence-corrected chi connectivity index (χ2v) is 4.40. The molecule has 2 aromatic rings. The summed E-state index contributed by atoms with van der Waals surface area (Å²) < 4.78 is 1.87. The first-order chi connectivity index (χ1) is 8.25. The Morgan fingerprint density at radius 2 is 2.06 bits per heavy atom. The zero-order valence-electron chi connectivity index (χ0n) is 9.86. The maximum Gasteiger partial charge on any atom is 0.0814 e. The van der Waals surface area contributed by atoms with Gasteiger partial charge in [-0.3, -0.25) is 4.68 Å². The zero-order valence-corrected chi connectivity index (χ0v) is 10.6. The number of rotatable bonds is 5. The van der Waals surface area contributed by atoms with E-state index < -0.39 is 0 Å². The van der Waals surface area contributed by atoms with E-state index in [1.165, 1.54) is 5.56 Å². The van der Waals surface area contributed by atoms with Gasteiger partial charge in [0.2, 0.25) is 0 Å². The molecule has 0 saturated heterocycles. The fourth-order valence-electron chi connectivity index (χ4n) is 1.63. The average molecular weight is 250 g/mol. The molecule has 0 amide bonds. The molecular weight excluding hydrogens is 234 g/mol. The maximum atomic E-state index is 5.93. The molecule has 0 spiro atoms. The summed E-state index contributed by atoms with van der Waals surface area (Å²) in [6.45, 7) is 4.51. The molecule has 0 aliphatic rings. The number of hydrogen-bond acceptors (Lipinski definition) is 2. The third kappa shape index (κ3) is 3.58. The highest BCUT2D eigenvalue weighted by Crippen LogP contribution is 2.11. The highest BCUT2D eigenvalue weighted by atomic mass is 35.5. The van der Waals surface area contributed by atoms with Gasteiger partial charge in [0.15, 0.2) is 0 Å². The Morgan fingerprint density at radius 3 is 2.71 bits per heavy atom. The van der Waals surface area contributed by atoms with Crippen molar-refractivity contribution in [2.75, 3.05) is 6.54 Å². The number of benzene rings is 1. The Morgan fingerprint density at radius 1 is 1.29 bits per heavy atom. The maximum absolute atomic E-state index is 5.93.